The van der Waals surface area contributed by atoms with Crippen molar-refractivity contribution in [2.24, 2.45) is 5.92 Å². The van der Waals surface area contributed by atoms with Crippen molar-refractivity contribution in [3.63, 3.8) is 0 Å². The minimum Gasteiger partial charge on any atom is -0.490 e. The molecule has 0 amide bonds. The number of rotatable bonds is 9. The lowest BCUT2D eigenvalue weighted by molar-refractivity contribution is 0.0519. The number of nitrogens with one attached hydrogen (secondary N) is 1. The molecule has 30 heavy (non-hydrogen) atoms. The van der Waals surface area contributed by atoms with E-state index in [2.05, 4.69) is 22.1 Å². The number of thiazole rings is 1. The summed E-state index contributed by atoms with van der Waals surface area (Å²) in [7, 11) is 5.60. The molecule has 1 atom stereocenters. The van der Waals surface area contributed by atoms with E-state index in [9.17, 15) is 9.18 Å². The molecule has 0 bridgehead atoms. The minimum atomic E-state index is -0.443. The fraction of sp³-hybridized carbons (Fsp3) is 0.455. The van der Waals surface area contributed by atoms with Gasteiger partial charge in [0.1, 0.15) is 0 Å². The van der Waals surface area contributed by atoms with E-state index in [0.29, 0.717) is 36.0 Å². The molecule has 2 rings (SSSR count). The van der Waals surface area contributed by atoms with E-state index in [0.717, 1.165) is 4.88 Å². The quantitative estimate of drug-likeness (QED) is 0.481. The first-order valence-electron chi connectivity index (χ1n) is 9.74. The van der Waals surface area contributed by atoms with Crippen LogP contribution < -0.4 is 10.1 Å². The molecule has 2 aromatic rings. The van der Waals surface area contributed by atoms with Crippen LogP contribution >= 0.6 is 11.3 Å². The summed E-state index contributed by atoms with van der Waals surface area (Å²) in [6, 6.07) is 4.72. The van der Waals surface area contributed by atoms with Gasteiger partial charge in [-0.3, -0.25) is 4.90 Å². The first-order valence-corrected chi connectivity index (χ1v) is 10.6. The molecule has 0 fully saturated rings. The Bertz CT molecular complexity index is 918. The van der Waals surface area contributed by atoms with E-state index in [4.69, 9.17) is 9.47 Å². The molecule has 6 nitrogen and oxygen atoms in total. The predicted octanol–water partition coefficient (Wildman–Crippen LogP) is 3.67. The molecule has 1 N–H and O–H groups in total. The maximum atomic E-state index is 14.3. The number of carbonyl (C=O) groups excluding carboxylic acids is 1. The molecular weight excluding hydrogens is 405 g/mol. The number of hydrogen-bond acceptors (Lipinski definition) is 7. The van der Waals surface area contributed by atoms with Gasteiger partial charge in [0.2, 0.25) is 0 Å². The Labute approximate surface area is 181 Å². The predicted molar refractivity (Wildman–Crippen MR) is 118 cm³/mol. The third kappa shape index (κ3) is 7.01. The van der Waals surface area contributed by atoms with Crippen LogP contribution in [0.1, 0.15) is 34.8 Å². The number of anilines is 1. The van der Waals surface area contributed by atoms with E-state index >= 15 is 0 Å². The zero-order chi connectivity index (χ0) is 22.1. The Morgan fingerprint density at radius 2 is 2.17 bits per heavy atom. The molecule has 1 unspecified atom stereocenters. The lowest BCUT2D eigenvalue weighted by Crippen LogP contribution is -2.14. The van der Waals surface area contributed by atoms with Gasteiger partial charge in [-0.1, -0.05) is 18.8 Å². The molecule has 162 valence electrons. The van der Waals surface area contributed by atoms with Gasteiger partial charge in [-0.15, -0.1) is 11.3 Å². The van der Waals surface area contributed by atoms with E-state index in [1.165, 1.54) is 17.4 Å². The highest BCUT2D eigenvalue weighted by atomic mass is 32.1. The Morgan fingerprint density at radius 1 is 1.40 bits per heavy atom. The van der Waals surface area contributed by atoms with Crippen molar-refractivity contribution in [3.8, 4) is 17.6 Å². The molecule has 0 saturated heterocycles. The van der Waals surface area contributed by atoms with Crippen molar-refractivity contribution >= 4 is 22.4 Å². The summed E-state index contributed by atoms with van der Waals surface area (Å²) in [5, 5.41) is 3.61. The van der Waals surface area contributed by atoms with Gasteiger partial charge in [-0.05, 0) is 51.6 Å². The summed E-state index contributed by atoms with van der Waals surface area (Å²) in [4.78, 5) is 19.2. The standard InChI is InChI=1S/C22H28FN3O3S/c1-6-28-21(27)20-19(30-22(24-3)25-20)12-15(2)14-29-18-10-9-16(13-17(18)23)8-7-11-26(4)5/h9-10,13,15H,6,11-12,14H2,1-5H3,(H,24,25). The van der Waals surface area contributed by atoms with Gasteiger partial charge in [-0.2, -0.15) is 0 Å². The summed E-state index contributed by atoms with van der Waals surface area (Å²) in [6.45, 7) is 4.94. The zero-order valence-corrected chi connectivity index (χ0v) is 18.9. The molecule has 1 heterocycles. The number of benzene rings is 1. The van der Waals surface area contributed by atoms with Gasteiger partial charge >= 0.3 is 5.97 Å². The fourth-order valence-electron chi connectivity index (χ4n) is 2.56. The number of halogens is 1. The monoisotopic (exact) mass is 433 g/mol. The molecule has 0 saturated carbocycles. The van der Waals surface area contributed by atoms with Gasteiger partial charge in [-0.25, -0.2) is 14.2 Å². The number of hydrogen-bond donors (Lipinski definition) is 1. The molecule has 1 aromatic heterocycles. The third-order valence-corrected chi connectivity index (χ3v) is 5.09. The first kappa shape index (κ1) is 23.6. The summed E-state index contributed by atoms with van der Waals surface area (Å²) < 4.78 is 25.1. The number of esters is 1. The van der Waals surface area contributed by atoms with Gasteiger partial charge in [0.15, 0.2) is 22.4 Å². The number of nitrogens with zero attached hydrogens (tertiary/aromatic N) is 2. The van der Waals surface area contributed by atoms with Gasteiger partial charge in [0.25, 0.3) is 0 Å². The average Bonchev–Trinajstić information content (AvgIpc) is 3.10. The second-order valence-corrected chi connectivity index (χ2v) is 8.15. The summed E-state index contributed by atoms with van der Waals surface area (Å²) >= 11 is 1.41. The highest BCUT2D eigenvalue weighted by molar-refractivity contribution is 7.15. The number of aromatic nitrogens is 1. The van der Waals surface area contributed by atoms with Gasteiger partial charge in [0, 0.05) is 17.5 Å². The van der Waals surface area contributed by atoms with Crippen molar-refractivity contribution in [1.29, 1.82) is 0 Å². The Balaban J connectivity index is 1.99. The van der Waals surface area contributed by atoms with Crippen LogP contribution in [0.5, 0.6) is 5.75 Å². The van der Waals surface area contributed by atoms with Crippen LogP contribution in [0.25, 0.3) is 0 Å². The molecule has 0 radical (unpaired) electrons. The minimum absolute atomic E-state index is 0.0438. The number of carbonyl (C=O) groups is 1. The Hall–Kier alpha value is -2.63. The van der Waals surface area contributed by atoms with Crippen LogP contribution in [0.4, 0.5) is 9.52 Å². The van der Waals surface area contributed by atoms with Gasteiger partial charge < -0.3 is 14.8 Å². The maximum absolute atomic E-state index is 14.3. The molecule has 0 aliphatic heterocycles. The lowest BCUT2D eigenvalue weighted by Gasteiger charge is -2.13. The molecule has 8 heteroatoms. The topological polar surface area (TPSA) is 63.7 Å². The van der Waals surface area contributed by atoms with E-state index in [1.54, 1.807) is 26.1 Å². The van der Waals surface area contributed by atoms with Crippen molar-refractivity contribution in [1.82, 2.24) is 9.88 Å². The van der Waals surface area contributed by atoms with Gasteiger partial charge in [0.05, 0.1) is 19.8 Å². The molecule has 0 aliphatic carbocycles. The molecule has 0 spiro atoms. The van der Waals surface area contributed by atoms with Crippen LogP contribution in [-0.4, -0.2) is 56.8 Å². The summed E-state index contributed by atoms with van der Waals surface area (Å²) in [5.41, 5.74) is 0.933. The number of ether oxygens (including phenoxy) is 2. The first-order chi connectivity index (χ1) is 14.3. The van der Waals surface area contributed by atoms with Crippen molar-refractivity contribution in [3.05, 3.63) is 40.2 Å². The summed E-state index contributed by atoms with van der Waals surface area (Å²) in [5.74, 6) is 5.26. The Kier molecular flexibility index (Phi) is 9.09. The van der Waals surface area contributed by atoms with Crippen LogP contribution in [-0.2, 0) is 11.2 Å². The van der Waals surface area contributed by atoms with Crippen LogP contribution in [0.3, 0.4) is 0 Å². The van der Waals surface area contributed by atoms with E-state index in [1.807, 2.05) is 25.9 Å². The molecule has 1 aromatic carbocycles. The second kappa shape index (κ2) is 11.5. The van der Waals surface area contributed by atoms with Crippen molar-refractivity contribution in [2.45, 2.75) is 20.3 Å². The summed E-state index contributed by atoms with van der Waals surface area (Å²) in [6.07, 6.45) is 0.573. The third-order valence-electron chi connectivity index (χ3n) is 4.00. The van der Waals surface area contributed by atoms with E-state index < -0.39 is 11.8 Å². The van der Waals surface area contributed by atoms with Crippen LogP contribution in [0.15, 0.2) is 18.2 Å². The fourth-order valence-corrected chi connectivity index (χ4v) is 3.62. The normalized spacial score (nSPS) is 11.6. The van der Waals surface area contributed by atoms with Crippen molar-refractivity contribution in [2.75, 3.05) is 46.2 Å². The SMILES string of the molecule is CCOC(=O)c1nc(NC)sc1CC(C)COc1ccc(C#CCN(C)C)cc1F. The molecular formula is C22H28FN3O3S. The lowest BCUT2D eigenvalue weighted by atomic mass is 10.1. The van der Waals surface area contributed by atoms with Crippen LogP contribution in [0.2, 0.25) is 0 Å². The highest BCUT2D eigenvalue weighted by Crippen LogP contribution is 2.27. The van der Waals surface area contributed by atoms with E-state index in [-0.39, 0.29) is 18.3 Å². The smallest absolute Gasteiger partial charge is 0.358 e. The molecule has 0 aliphatic rings. The zero-order valence-electron chi connectivity index (χ0n) is 18.0. The highest BCUT2D eigenvalue weighted by Gasteiger charge is 2.21. The average molecular weight is 434 g/mol. The maximum Gasteiger partial charge on any atom is 0.358 e. The largest absolute Gasteiger partial charge is 0.490 e. The van der Waals surface area contributed by atoms with Crippen LogP contribution in [0, 0.1) is 23.6 Å². The second-order valence-electron chi connectivity index (χ2n) is 7.07. The van der Waals surface area contributed by atoms with Crippen molar-refractivity contribution < 1.29 is 18.7 Å². The Morgan fingerprint density at radius 3 is 2.80 bits per heavy atom.